The Morgan fingerprint density at radius 2 is 1.88 bits per heavy atom. The average Bonchev–Trinajstić information content (AvgIpc) is 3.13. The van der Waals surface area contributed by atoms with Crippen molar-refractivity contribution < 1.29 is 13.6 Å². The first-order valence-electron chi connectivity index (χ1n) is 10.4. The highest BCUT2D eigenvalue weighted by Gasteiger charge is 2.61. The molecule has 2 aliphatic rings. The van der Waals surface area contributed by atoms with Gasteiger partial charge in [-0.2, -0.15) is 0 Å². The molecule has 1 spiro atoms. The zero-order chi connectivity index (χ0) is 22.1. The van der Waals surface area contributed by atoms with Crippen molar-refractivity contribution in [3.05, 3.63) is 70.8 Å². The van der Waals surface area contributed by atoms with Gasteiger partial charge in [0, 0.05) is 67.1 Å². The molecule has 0 N–H and O–H groups in total. The third-order valence-corrected chi connectivity index (χ3v) is 6.53. The van der Waals surface area contributed by atoms with Crippen LogP contribution in [0, 0.1) is 5.41 Å². The first-order chi connectivity index (χ1) is 15.3. The van der Waals surface area contributed by atoms with Crippen LogP contribution >= 0.6 is 0 Å². The topological polar surface area (TPSA) is 72.5 Å². The van der Waals surface area contributed by atoms with Crippen LogP contribution < -0.4 is 10.5 Å². The van der Waals surface area contributed by atoms with E-state index in [1.807, 2.05) is 11.0 Å². The molecule has 32 heavy (non-hydrogen) atoms. The summed E-state index contributed by atoms with van der Waals surface area (Å²) in [6.45, 7) is 1.41. The monoisotopic (exact) mass is 435 g/mol. The van der Waals surface area contributed by atoms with Gasteiger partial charge in [0.1, 0.15) is 5.65 Å². The van der Waals surface area contributed by atoms with Gasteiger partial charge in [-0.1, -0.05) is 0 Å². The Labute approximate surface area is 180 Å². The third-order valence-electron chi connectivity index (χ3n) is 6.53. The number of anilines is 1. The van der Waals surface area contributed by atoms with Crippen LogP contribution in [0.4, 0.5) is 14.5 Å². The molecule has 7 nitrogen and oxygen atoms in total. The van der Waals surface area contributed by atoms with E-state index in [0.717, 1.165) is 17.4 Å². The van der Waals surface area contributed by atoms with Crippen LogP contribution in [0.15, 0.2) is 54.0 Å². The second-order valence-corrected chi connectivity index (χ2v) is 9.01. The summed E-state index contributed by atoms with van der Waals surface area (Å²) in [6, 6.07) is 5.32. The molecule has 9 heteroatoms. The molecule has 0 aromatic carbocycles. The van der Waals surface area contributed by atoms with Crippen molar-refractivity contribution in [2.24, 2.45) is 5.41 Å². The van der Waals surface area contributed by atoms with Crippen LogP contribution in [0.3, 0.4) is 0 Å². The van der Waals surface area contributed by atoms with Gasteiger partial charge in [0.25, 0.3) is 5.56 Å². The molecule has 6 rings (SSSR count). The molecule has 1 aliphatic carbocycles. The molecule has 1 saturated heterocycles. The highest BCUT2D eigenvalue weighted by atomic mass is 19.3. The molecule has 0 unspecified atom stereocenters. The van der Waals surface area contributed by atoms with Crippen LogP contribution in [-0.4, -0.2) is 44.2 Å². The zero-order valence-corrected chi connectivity index (χ0v) is 17.0. The Morgan fingerprint density at radius 1 is 1.06 bits per heavy atom. The minimum Gasteiger partial charge on any atom is -0.369 e. The minimum atomic E-state index is -2.54. The van der Waals surface area contributed by atoms with Crippen LogP contribution in [-0.2, 0) is 6.54 Å². The number of imidazole rings is 1. The fourth-order valence-electron chi connectivity index (χ4n) is 5.15. The Hall–Kier alpha value is -3.62. The standard InChI is InChI=1S/C23H19F2N5O2/c24-23(25)11-22(12-23)13-30(14-22)19-6-26-5-18-17(19)3-4-28(21(18)32)8-16-9-29-7-15(10-31)1-2-20(29)27-16/h1-7,9-10H,8,11-14H2. The van der Waals surface area contributed by atoms with Crippen LogP contribution in [0.1, 0.15) is 28.9 Å². The SMILES string of the molecule is O=Cc1ccc2nc(Cn3ccc4c(N5CC6(C5)CC(F)(F)C6)cncc4c3=O)cn2c1. The molecule has 162 valence electrons. The van der Waals surface area contributed by atoms with Crippen molar-refractivity contribution in [3.8, 4) is 0 Å². The first kappa shape index (κ1) is 19.1. The summed E-state index contributed by atoms with van der Waals surface area (Å²) in [5, 5.41) is 1.25. The van der Waals surface area contributed by atoms with E-state index in [2.05, 4.69) is 9.97 Å². The van der Waals surface area contributed by atoms with E-state index in [-0.39, 0.29) is 30.4 Å². The summed E-state index contributed by atoms with van der Waals surface area (Å²) < 4.78 is 30.0. The maximum Gasteiger partial charge on any atom is 0.260 e. The molecular weight excluding hydrogens is 416 g/mol. The average molecular weight is 435 g/mol. The van der Waals surface area contributed by atoms with Crippen molar-refractivity contribution in [2.75, 3.05) is 18.0 Å². The van der Waals surface area contributed by atoms with Crippen molar-refractivity contribution in [2.45, 2.75) is 25.3 Å². The van der Waals surface area contributed by atoms with Gasteiger partial charge in [-0.15, -0.1) is 0 Å². The smallest absolute Gasteiger partial charge is 0.260 e. The van der Waals surface area contributed by atoms with Crippen LogP contribution in [0.2, 0.25) is 0 Å². The molecule has 1 saturated carbocycles. The van der Waals surface area contributed by atoms with Crippen LogP contribution in [0.5, 0.6) is 0 Å². The summed E-state index contributed by atoms with van der Waals surface area (Å²) in [7, 11) is 0. The van der Waals surface area contributed by atoms with Crippen molar-refractivity contribution >= 4 is 28.4 Å². The molecule has 5 heterocycles. The number of nitrogens with zero attached hydrogens (tertiary/aromatic N) is 5. The number of fused-ring (bicyclic) bond motifs is 2. The second-order valence-electron chi connectivity index (χ2n) is 9.01. The van der Waals surface area contributed by atoms with Gasteiger partial charge >= 0.3 is 0 Å². The van der Waals surface area contributed by atoms with Gasteiger partial charge in [-0.05, 0) is 18.2 Å². The number of aromatic nitrogens is 4. The lowest BCUT2D eigenvalue weighted by Crippen LogP contribution is -2.66. The molecule has 0 amide bonds. The summed E-state index contributed by atoms with van der Waals surface area (Å²) in [4.78, 5) is 34.9. The lowest BCUT2D eigenvalue weighted by atomic mass is 9.61. The quantitative estimate of drug-likeness (QED) is 0.461. The molecule has 0 atom stereocenters. The molecule has 1 aliphatic heterocycles. The molecule has 4 aromatic rings. The Balaban J connectivity index is 1.29. The van der Waals surface area contributed by atoms with Crippen molar-refractivity contribution in [1.29, 1.82) is 0 Å². The Kier molecular flexibility index (Phi) is 3.84. The molecule has 2 fully saturated rings. The highest BCUT2D eigenvalue weighted by Crippen LogP contribution is 2.57. The van der Waals surface area contributed by atoms with E-state index in [4.69, 9.17) is 0 Å². The zero-order valence-electron chi connectivity index (χ0n) is 17.0. The number of pyridine rings is 3. The van der Waals surface area contributed by atoms with Gasteiger partial charge in [0.15, 0.2) is 6.29 Å². The van der Waals surface area contributed by atoms with E-state index < -0.39 is 5.92 Å². The van der Waals surface area contributed by atoms with Gasteiger partial charge in [-0.25, -0.2) is 13.8 Å². The number of rotatable bonds is 4. The summed E-state index contributed by atoms with van der Waals surface area (Å²) in [5.74, 6) is -2.54. The predicted octanol–water partition coefficient (Wildman–Crippen LogP) is 3.14. The fraction of sp³-hybridized carbons (Fsp3) is 0.304. The lowest BCUT2D eigenvalue weighted by Gasteiger charge is -2.59. The van der Waals surface area contributed by atoms with Gasteiger partial charge < -0.3 is 13.9 Å². The minimum absolute atomic E-state index is 0.0607. The molecule has 4 aromatic heterocycles. The second kappa shape index (κ2) is 6.44. The maximum atomic E-state index is 13.3. The molecule has 0 radical (unpaired) electrons. The maximum absolute atomic E-state index is 13.3. The van der Waals surface area contributed by atoms with Gasteiger partial charge in [0.2, 0.25) is 5.92 Å². The summed E-state index contributed by atoms with van der Waals surface area (Å²) in [5.41, 5.74) is 2.25. The van der Waals surface area contributed by atoms with Gasteiger partial charge in [-0.3, -0.25) is 14.6 Å². The number of carbonyl (C=O) groups excluding carboxylic acids is 1. The van der Waals surface area contributed by atoms with Gasteiger partial charge in [0.05, 0.1) is 29.5 Å². The largest absolute Gasteiger partial charge is 0.369 e. The van der Waals surface area contributed by atoms with E-state index in [1.165, 1.54) is 0 Å². The van der Waals surface area contributed by atoms with E-state index in [0.29, 0.717) is 35.4 Å². The number of carbonyl (C=O) groups is 1. The molecule has 0 bridgehead atoms. The lowest BCUT2D eigenvalue weighted by molar-refractivity contribution is -0.170. The first-order valence-corrected chi connectivity index (χ1v) is 10.4. The van der Waals surface area contributed by atoms with Crippen LogP contribution in [0.25, 0.3) is 16.4 Å². The predicted molar refractivity (Wildman–Crippen MR) is 115 cm³/mol. The normalized spacial score (nSPS) is 18.6. The number of aldehydes is 1. The number of alkyl halides is 2. The van der Waals surface area contributed by atoms with E-state index >= 15 is 0 Å². The number of hydrogen-bond donors (Lipinski definition) is 0. The van der Waals surface area contributed by atoms with Crippen molar-refractivity contribution in [3.63, 3.8) is 0 Å². The highest BCUT2D eigenvalue weighted by molar-refractivity contribution is 5.93. The fourth-order valence-corrected chi connectivity index (χ4v) is 5.15. The van der Waals surface area contributed by atoms with Crippen molar-refractivity contribution in [1.82, 2.24) is 18.9 Å². The summed E-state index contributed by atoms with van der Waals surface area (Å²) in [6.07, 6.45) is 9.10. The summed E-state index contributed by atoms with van der Waals surface area (Å²) >= 11 is 0. The number of halogens is 2. The Morgan fingerprint density at radius 3 is 2.62 bits per heavy atom. The Bertz CT molecular complexity index is 1440. The third kappa shape index (κ3) is 2.91. The molecular formula is C23H19F2N5O2. The van der Waals surface area contributed by atoms with E-state index in [9.17, 15) is 18.4 Å². The van der Waals surface area contributed by atoms with E-state index in [1.54, 1.807) is 52.1 Å². The number of hydrogen-bond acceptors (Lipinski definition) is 5.